The summed E-state index contributed by atoms with van der Waals surface area (Å²) in [5, 5.41) is 5.23. The van der Waals surface area contributed by atoms with Crippen LogP contribution in [0.3, 0.4) is 0 Å². The van der Waals surface area contributed by atoms with Crippen LogP contribution in [-0.2, 0) is 9.59 Å². The van der Waals surface area contributed by atoms with Crippen LogP contribution in [0.1, 0.15) is 26.3 Å². The zero-order valence-electron chi connectivity index (χ0n) is 12.7. The average molecular weight is 290 g/mol. The number of amides is 2. The van der Waals surface area contributed by atoms with Crippen molar-refractivity contribution in [2.24, 2.45) is 0 Å². The molecule has 5 heteroatoms. The van der Waals surface area contributed by atoms with Crippen molar-refractivity contribution in [2.45, 2.75) is 26.8 Å². The second-order valence-electron chi connectivity index (χ2n) is 4.78. The van der Waals surface area contributed by atoms with Gasteiger partial charge >= 0.3 is 0 Å². The normalized spacial score (nSPS) is 10.7. The lowest BCUT2D eigenvalue weighted by Crippen LogP contribution is -2.39. The molecule has 2 amide bonds. The fourth-order valence-electron chi connectivity index (χ4n) is 1.61. The molecule has 0 aromatic heterocycles. The second-order valence-corrected chi connectivity index (χ2v) is 4.78. The topological polar surface area (TPSA) is 67.4 Å². The molecule has 0 bridgehead atoms. The SMILES string of the molecule is CCOc1ccc(/C=C/C(=O)NCC(=O)NC(C)C)cc1. The largest absolute Gasteiger partial charge is 0.494 e. The highest BCUT2D eigenvalue weighted by Crippen LogP contribution is 2.12. The van der Waals surface area contributed by atoms with Crippen molar-refractivity contribution in [3.8, 4) is 5.75 Å². The maximum Gasteiger partial charge on any atom is 0.244 e. The van der Waals surface area contributed by atoms with E-state index in [1.807, 2.05) is 45.0 Å². The van der Waals surface area contributed by atoms with Crippen molar-refractivity contribution in [3.63, 3.8) is 0 Å². The molecule has 0 spiro atoms. The molecule has 2 N–H and O–H groups in total. The number of rotatable bonds is 7. The smallest absolute Gasteiger partial charge is 0.244 e. The first kappa shape index (κ1) is 16.8. The standard InChI is InChI=1S/C16H22N2O3/c1-4-21-14-8-5-13(6-9-14)7-10-15(19)17-11-16(20)18-12(2)3/h5-10,12H,4,11H2,1-3H3,(H,17,19)(H,18,20)/b10-7+. The molecule has 0 unspecified atom stereocenters. The van der Waals surface area contributed by atoms with E-state index in [1.54, 1.807) is 6.08 Å². The van der Waals surface area contributed by atoms with Gasteiger partial charge in [-0.2, -0.15) is 0 Å². The van der Waals surface area contributed by atoms with Gasteiger partial charge in [-0.1, -0.05) is 12.1 Å². The van der Waals surface area contributed by atoms with Gasteiger partial charge in [-0.25, -0.2) is 0 Å². The molecule has 0 saturated heterocycles. The van der Waals surface area contributed by atoms with Crippen LogP contribution in [0.4, 0.5) is 0 Å². The third-order valence-electron chi connectivity index (χ3n) is 2.49. The fourth-order valence-corrected chi connectivity index (χ4v) is 1.61. The van der Waals surface area contributed by atoms with Crippen molar-refractivity contribution in [3.05, 3.63) is 35.9 Å². The third kappa shape index (κ3) is 7.15. The van der Waals surface area contributed by atoms with Crippen LogP contribution in [0.2, 0.25) is 0 Å². The predicted molar refractivity (Wildman–Crippen MR) is 82.9 cm³/mol. The van der Waals surface area contributed by atoms with E-state index in [1.165, 1.54) is 6.08 Å². The summed E-state index contributed by atoms with van der Waals surface area (Å²) in [6, 6.07) is 7.48. The second kappa shape index (κ2) is 8.79. The molecule has 114 valence electrons. The van der Waals surface area contributed by atoms with Crippen LogP contribution >= 0.6 is 0 Å². The van der Waals surface area contributed by atoms with E-state index in [-0.39, 0.29) is 24.4 Å². The van der Waals surface area contributed by atoms with Gasteiger partial charge in [-0.05, 0) is 44.5 Å². The quantitative estimate of drug-likeness (QED) is 0.752. The molecule has 0 saturated carbocycles. The molecule has 5 nitrogen and oxygen atoms in total. The Morgan fingerprint density at radius 1 is 1.24 bits per heavy atom. The summed E-state index contributed by atoms with van der Waals surface area (Å²) in [5.74, 6) is 0.292. The lowest BCUT2D eigenvalue weighted by Gasteiger charge is -2.08. The molecule has 1 aromatic rings. The van der Waals surface area contributed by atoms with Gasteiger partial charge in [-0.15, -0.1) is 0 Å². The van der Waals surface area contributed by atoms with E-state index >= 15 is 0 Å². The lowest BCUT2D eigenvalue weighted by molar-refractivity contribution is -0.124. The molecule has 0 atom stereocenters. The van der Waals surface area contributed by atoms with Crippen LogP contribution in [-0.4, -0.2) is 31.0 Å². The van der Waals surface area contributed by atoms with E-state index in [0.29, 0.717) is 6.61 Å². The molecule has 0 radical (unpaired) electrons. The molecule has 21 heavy (non-hydrogen) atoms. The van der Waals surface area contributed by atoms with Crippen molar-refractivity contribution >= 4 is 17.9 Å². The summed E-state index contributed by atoms with van der Waals surface area (Å²) in [5.41, 5.74) is 0.889. The van der Waals surface area contributed by atoms with Gasteiger partial charge in [0.05, 0.1) is 13.2 Å². The molecule has 1 rings (SSSR count). The van der Waals surface area contributed by atoms with Gasteiger partial charge in [-0.3, -0.25) is 9.59 Å². The Morgan fingerprint density at radius 3 is 2.48 bits per heavy atom. The highest BCUT2D eigenvalue weighted by Gasteiger charge is 2.04. The Kier molecular flexibility index (Phi) is 7.01. The van der Waals surface area contributed by atoms with Gasteiger partial charge in [0.1, 0.15) is 5.75 Å². The molecule has 0 aliphatic rings. The summed E-state index contributed by atoms with van der Waals surface area (Å²) < 4.78 is 5.34. The monoisotopic (exact) mass is 290 g/mol. The van der Waals surface area contributed by atoms with E-state index in [2.05, 4.69) is 10.6 Å². The molecule has 1 aromatic carbocycles. The maximum atomic E-state index is 11.6. The zero-order valence-corrected chi connectivity index (χ0v) is 12.7. The zero-order chi connectivity index (χ0) is 15.7. The molecule has 0 fully saturated rings. The minimum Gasteiger partial charge on any atom is -0.494 e. The first-order valence-electron chi connectivity index (χ1n) is 6.99. The molecular formula is C16H22N2O3. The van der Waals surface area contributed by atoms with Gasteiger partial charge < -0.3 is 15.4 Å². The molecule has 0 aliphatic carbocycles. The Labute approximate surface area is 125 Å². The average Bonchev–Trinajstić information content (AvgIpc) is 2.44. The summed E-state index contributed by atoms with van der Waals surface area (Å²) in [6.45, 7) is 6.26. The van der Waals surface area contributed by atoms with Crippen LogP contribution < -0.4 is 15.4 Å². The van der Waals surface area contributed by atoms with Crippen LogP contribution in [0.15, 0.2) is 30.3 Å². The number of hydrogen-bond acceptors (Lipinski definition) is 3. The first-order valence-corrected chi connectivity index (χ1v) is 6.99. The third-order valence-corrected chi connectivity index (χ3v) is 2.49. The van der Waals surface area contributed by atoms with E-state index in [4.69, 9.17) is 4.74 Å². The van der Waals surface area contributed by atoms with Crippen LogP contribution in [0.5, 0.6) is 5.75 Å². The summed E-state index contributed by atoms with van der Waals surface area (Å²) >= 11 is 0. The highest BCUT2D eigenvalue weighted by atomic mass is 16.5. The van der Waals surface area contributed by atoms with Crippen LogP contribution in [0, 0.1) is 0 Å². The number of hydrogen-bond donors (Lipinski definition) is 2. The van der Waals surface area contributed by atoms with Gasteiger partial charge in [0.15, 0.2) is 0 Å². The van der Waals surface area contributed by atoms with Gasteiger partial charge in [0.2, 0.25) is 11.8 Å². The van der Waals surface area contributed by atoms with Gasteiger partial charge in [0, 0.05) is 12.1 Å². The first-order chi connectivity index (χ1) is 10.0. The Bertz CT molecular complexity index is 493. The van der Waals surface area contributed by atoms with Crippen molar-refractivity contribution in [2.75, 3.05) is 13.2 Å². The summed E-state index contributed by atoms with van der Waals surface area (Å²) in [7, 11) is 0. The molecule has 0 heterocycles. The summed E-state index contributed by atoms with van der Waals surface area (Å²) in [4.78, 5) is 22.9. The van der Waals surface area contributed by atoms with Crippen molar-refractivity contribution in [1.29, 1.82) is 0 Å². The number of nitrogens with one attached hydrogen (secondary N) is 2. The van der Waals surface area contributed by atoms with Crippen molar-refractivity contribution < 1.29 is 14.3 Å². The Balaban J connectivity index is 2.41. The van der Waals surface area contributed by atoms with Gasteiger partial charge in [0.25, 0.3) is 0 Å². The van der Waals surface area contributed by atoms with E-state index < -0.39 is 0 Å². The predicted octanol–water partition coefficient (Wildman–Crippen LogP) is 1.74. The fraction of sp³-hybridized carbons (Fsp3) is 0.375. The summed E-state index contributed by atoms with van der Waals surface area (Å²) in [6.07, 6.45) is 3.09. The van der Waals surface area contributed by atoms with Crippen LogP contribution in [0.25, 0.3) is 6.08 Å². The number of ether oxygens (including phenoxy) is 1. The number of carbonyl (C=O) groups is 2. The van der Waals surface area contributed by atoms with E-state index in [0.717, 1.165) is 11.3 Å². The maximum absolute atomic E-state index is 11.6. The van der Waals surface area contributed by atoms with Crippen molar-refractivity contribution in [1.82, 2.24) is 10.6 Å². The number of benzene rings is 1. The lowest BCUT2D eigenvalue weighted by atomic mass is 10.2. The minimum atomic E-state index is -0.303. The Hall–Kier alpha value is -2.30. The Morgan fingerprint density at radius 2 is 1.90 bits per heavy atom. The minimum absolute atomic E-state index is 0.0232. The highest BCUT2D eigenvalue weighted by molar-refractivity contribution is 5.94. The molecular weight excluding hydrogens is 268 g/mol. The van der Waals surface area contributed by atoms with E-state index in [9.17, 15) is 9.59 Å². The number of carbonyl (C=O) groups excluding carboxylic acids is 2. The molecule has 0 aliphatic heterocycles.